The largest absolute Gasteiger partial charge is 0.457 e. The van der Waals surface area contributed by atoms with E-state index in [2.05, 4.69) is 72.6 Å². The fourth-order valence-corrected chi connectivity index (χ4v) is 14.3. The molecule has 5 aromatic carbocycles. The lowest BCUT2D eigenvalue weighted by Crippen LogP contribution is -2.71. The van der Waals surface area contributed by atoms with Gasteiger partial charge >= 0.3 is 18.0 Å². The summed E-state index contributed by atoms with van der Waals surface area (Å²) in [7, 11) is 0. The van der Waals surface area contributed by atoms with Crippen molar-refractivity contribution in [1.82, 2.24) is 30.6 Å². The van der Waals surface area contributed by atoms with E-state index in [-0.39, 0.29) is 22.3 Å². The normalized spacial score (nSPS) is 16.2. The van der Waals surface area contributed by atoms with Gasteiger partial charge in [0, 0.05) is 16.0 Å². The lowest BCUT2D eigenvalue weighted by molar-refractivity contribution is -0.179. The molecule has 3 atom stereocenters. The van der Waals surface area contributed by atoms with Gasteiger partial charge in [0.1, 0.15) is 39.0 Å². The Hall–Kier alpha value is -7.72. The third-order valence-corrected chi connectivity index (χ3v) is 17.6. The van der Waals surface area contributed by atoms with E-state index >= 15 is 9.59 Å². The Labute approximate surface area is 486 Å². The number of aromatic nitrogens is 4. The minimum absolute atomic E-state index is 0.0126. The van der Waals surface area contributed by atoms with Crippen LogP contribution in [0.25, 0.3) is 0 Å². The van der Waals surface area contributed by atoms with Crippen molar-refractivity contribution < 1.29 is 43.0 Å². The average Bonchev–Trinajstić information content (AvgIpc) is 4.20. The van der Waals surface area contributed by atoms with Crippen LogP contribution in [0.4, 0.5) is 9.93 Å². The van der Waals surface area contributed by atoms with E-state index in [0.29, 0.717) is 21.1 Å². The number of H-pyrrole nitrogens is 1. The van der Waals surface area contributed by atoms with Crippen molar-refractivity contribution in [2.24, 2.45) is 5.16 Å². The molecule has 0 aliphatic carbocycles. The summed E-state index contributed by atoms with van der Waals surface area (Å²) in [5.74, 6) is -2.83. The molecule has 2 aliphatic rings. The van der Waals surface area contributed by atoms with E-state index in [0.717, 1.165) is 28.0 Å². The number of thioether (sulfide) groups is 3. The Morgan fingerprint density at radius 2 is 1.26 bits per heavy atom. The second-order valence-electron chi connectivity index (χ2n) is 21.2. The Kier molecular flexibility index (Phi) is 17.6. The molecule has 418 valence electrons. The number of thiazole rings is 1. The van der Waals surface area contributed by atoms with Crippen molar-refractivity contribution in [3.63, 3.8) is 0 Å². The third kappa shape index (κ3) is 13.4. The predicted octanol–water partition coefficient (Wildman–Crippen LogP) is 11.3. The Morgan fingerprint density at radius 3 is 1.77 bits per heavy atom. The van der Waals surface area contributed by atoms with Crippen molar-refractivity contribution in [3.8, 4) is 0 Å². The Balaban J connectivity index is 1.13. The molecule has 1 fully saturated rings. The molecule has 0 spiro atoms. The zero-order valence-corrected chi connectivity index (χ0v) is 48.9. The van der Waals surface area contributed by atoms with Crippen molar-refractivity contribution in [1.29, 1.82) is 0 Å². The third-order valence-electron chi connectivity index (χ3n) is 12.6. The number of hydrogen-bond acceptors (Lipinski definition) is 17. The van der Waals surface area contributed by atoms with E-state index < -0.39 is 79.9 Å². The van der Waals surface area contributed by atoms with Crippen molar-refractivity contribution in [2.75, 3.05) is 11.1 Å². The van der Waals surface area contributed by atoms with Gasteiger partial charge in [-0.1, -0.05) is 174 Å². The Morgan fingerprint density at radius 1 is 0.728 bits per heavy atom. The minimum Gasteiger partial charge on any atom is -0.457 e. The number of benzene rings is 5. The van der Waals surface area contributed by atoms with Crippen LogP contribution in [-0.4, -0.2) is 99.4 Å². The summed E-state index contributed by atoms with van der Waals surface area (Å²) in [5, 5.41) is 22.3. The second kappa shape index (κ2) is 24.6. The van der Waals surface area contributed by atoms with Gasteiger partial charge in [-0.05, 0) is 83.2 Å². The van der Waals surface area contributed by atoms with Crippen LogP contribution in [0.3, 0.4) is 0 Å². The standard InChI is InChI=1S/C60H60N8O9S4/c1-57(2,3)75-53(72)59(7,8)77-66-45(42-35-79-55(62-42)64-56(73)76-58(4,5)6)49(69)63-46-50(70)68-47(52(71)74-48(37-24-14-9-15-25-37)38-26-16-10-17-27-38)43(36-78-51(46)68)80-54(81-44-34-61-67-65-44)60(39-28-18-11-19-29-39,40-30-20-12-21-31-40)41-32-22-13-23-33-41/h9-35,46,48,51,54H,36H2,1-8H3,(H,63,69)(H,61,65,67)(H,62,64,73)/b66-45-/t46-,51-,54?/m1/s1. The maximum absolute atomic E-state index is 15.6. The van der Waals surface area contributed by atoms with Crippen LogP contribution in [-0.2, 0) is 43.6 Å². The summed E-state index contributed by atoms with van der Waals surface area (Å²) >= 11 is 5.23. The molecule has 3 N–H and O–H groups in total. The number of nitrogens with zero attached hydrogens (tertiary/aromatic N) is 5. The summed E-state index contributed by atoms with van der Waals surface area (Å²) in [6.45, 7) is 13.1. The zero-order valence-electron chi connectivity index (χ0n) is 45.6. The van der Waals surface area contributed by atoms with Crippen LogP contribution in [0, 0.1) is 0 Å². The highest BCUT2D eigenvalue weighted by atomic mass is 32.2. The van der Waals surface area contributed by atoms with Gasteiger partial charge < -0.3 is 24.4 Å². The monoisotopic (exact) mass is 1160 g/mol. The molecule has 2 aliphatic heterocycles. The van der Waals surface area contributed by atoms with Gasteiger partial charge in [0.15, 0.2) is 16.9 Å². The maximum Gasteiger partial charge on any atom is 0.413 e. The van der Waals surface area contributed by atoms with Crippen LogP contribution in [0.2, 0.25) is 0 Å². The summed E-state index contributed by atoms with van der Waals surface area (Å²) < 4.78 is 17.1. The number of carbonyl (C=O) groups excluding carboxylic acids is 5. The number of hydrogen-bond donors (Lipinski definition) is 3. The van der Waals surface area contributed by atoms with E-state index in [4.69, 9.17) is 19.0 Å². The first kappa shape index (κ1) is 58.0. The molecule has 2 aromatic heterocycles. The smallest absolute Gasteiger partial charge is 0.413 e. The fraction of sp³-hybridized carbons (Fsp3) is 0.283. The number of carbonyl (C=O) groups is 5. The molecule has 3 amide bonds. The molecule has 7 aromatic rings. The number of β-lactam (4-membered cyclic amide) rings is 1. The summed E-state index contributed by atoms with van der Waals surface area (Å²) in [6.07, 6.45) is 0.0594. The molecular weight excluding hydrogens is 1100 g/mol. The molecule has 17 nitrogen and oxygen atoms in total. The first-order valence-electron chi connectivity index (χ1n) is 25.8. The minimum atomic E-state index is -1.71. The number of esters is 2. The van der Waals surface area contributed by atoms with Crippen LogP contribution >= 0.6 is 46.6 Å². The van der Waals surface area contributed by atoms with E-state index in [1.54, 1.807) is 47.7 Å². The van der Waals surface area contributed by atoms with Crippen molar-refractivity contribution in [2.45, 2.75) is 105 Å². The highest BCUT2D eigenvalue weighted by molar-refractivity contribution is 8.19. The van der Waals surface area contributed by atoms with Crippen LogP contribution < -0.4 is 10.6 Å². The summed E-state index contributed by atoms with van der Waals surface area (Å²) in [6, 6.07) is 48.0. The van der Waals surface area contributed by atoms with Crippen molar-refractivity contribution in [3.05, 3.63) is 207 Å². The average molecular weight is 1170 g/mol. The number of aromatic amines is 1. The number of fused-ring (bicyclic) bond motifs is 1. The first-order chi connectivity index (χ1) is 38.7. The van der Waals surface area contributed by atoms with Gasteiger partial charge in [-0.3, -0.25) is 24.9 Å². The molecular formula is C60H60N8O9S4. The van der Waals surface area contributed by atoms with Gasteiger partial charge in [0.05, 0.1) is 16.2 Å². The number of amides is 3. The fourth-order valence-electron chi connectivity index (χ4n) is 8.96. The highest BCUT2D eigenvalue weighted by Gasteiger charge is 2.56. The molecule has 1 unspecified atom stereocenters. The Bertz CT molecular complexity index is 3270. The molecule has 0 saturated carbocycles. The molecule has 0 radical (unpaired) electrons. The number of oxime groups is 1. The number of rotatable bonds is 19. The molecule has 4 heterocycles. The van der Waals surface area contributed by atoms with Crippen molar-refractivity contribution >= 4 is 87.3 Å². The lowest BCUT2D eigenvalue weighted by Gasteiger charge is -2.50. The van der Waals surface area contributed by atoms with Gasteiger partial charge in [-0.2, -0.15) is 0 Å². The van der Waals surface area contributed by atoms with Crippen LogP contribution in [0.5, 0.6) is 0 Å². The highest BCUT2D eigenvalue weighted by Crippen LogP contribution is 2.56. The van der Waals surface area contributed by atoms with E-state index in [1.165, 1.54) is 59.4 Å². The molecule has 0 bridgehead atoms. The van der Waals surface area contributed by atoms with Gasteiger partial charge in [0.25, 0.3) is 11.8 Å². The molecule has 21 heteroatoms. The maximum atomic E-state index is 15.6. The number of nitrogens with one attached hydrogen (secondary N) is 3. The van der Waals surface area contributed by atoms with E-state index in [9.17, 15) is 14.4 Å². The lowest BCUT2D eigenvalue weighted by atomic mass is 9.70. The van der Waals surface area contributed by atoms with Gasteiger partial charge in [0.2, 0.25) is 5.60 Å². The van der Waals surface area contributed by atoms with E-state index in [1.807, 2.05) is 115 Å². The zero-order chi connectivity index (χ0) is 57.5. The van der Waals surface area contributed by atoms with Gasteiger partial charge in [-0.15, -0.1) is 40.0 Å². The number of ether oxygens (including phenoxy) is 3. The molecule has 1 saturated heterocycles. The molecule has 9 rings (SSSR count). The van der Waals surface area contributed by atoms with Gasteiger partial charge in [-0.25, -0.2) is 19.4 Å². The molecule has 81 heavy (non-hydrogen) atoms. The predicted molar refractivity (Wildman–Crippen MR) is 315 cm³/mol. The SMILES string of the molecule is CC(C)(C)OC(=O)Nc1nc(/C(=N/OC(C)(C)C(=O)OC(C)(C)C)C(=O)N[C@@H]2C(=O)N3C(C(=O)OC(c4ccccc4)c4ccccc4)=C(SC(Sc4c[nH]nn4)C(c4ccccc4)(c4ccccc4)c4ccccc4)CS[C@H]23)cs1. The number of anilines is 1. The summed E-state index contributed by atoms with van der Waals surface area (Å²) in [4.78, 5) is 83.8. The first-order valence-corrected chi connectivity index (χ1v) is 29.5. The van der Waals surface area contributed by atoms with Crippen LogP contribution in [0.1, 0.15) is 95.0 Å². The summed E-state index contributed by atoms with van der Waals surface area (Å²) in [5.41, 5.74) is -0.494. The van der Waals surface area contributed by atoms with Crippen LogP contribution in [0.15, 0.2) is 184 Å². The second-order valence-corrected chi connectivity index (χ2v) is 25.8. The quantitative estimate of drug-likeness (QED) is 0.0100. The topological polar surface area (TPSA) is 216 Å².